The Morgan fingerprint density at radius 2 is 1.71 bits per heavy atom. The fourth-order valence-electron chi connectivity index (χ4n) is 2.78. The first kappa shape index (κ1) is 19.2. The molecule has 28 heavy (non-hydrogen) atoms. The van der Waals surface area contributed by atoms with E-state index in [1.54, 1.807) is 51.9 Å². The van der Waals surface area contributed by atoms with E-state index < -0.39 is 0 Å². The number of nitrogens with one attached hydrogen (secondary N) is 2. The number of nitrogens with zero attached hydrogens (tertiary/aromatic N) is 2. The van der Waals surface area contributed by atoms with Crippen molar-refractivity contribution in [3.05, 3.63) is 54.0 Å². The molecule has 0 radical (unpaired) electrons. The van der Waals surface area contributed by atoms with Gasteiger partial charge in [-0.25, -0.2) is 0 Å². The maximum Gasteiger partial charge on any atom is 0.269 e. The van der Waals surface area contributed by atoms with Crippen LogP contribution in [0.2, 0.25) is 0 Å². The quantitative estimate of drug-likeness (QED) is 0.621. The van der Waals surface area contributed by atoms with Crippen molar-refractivity contribution < 1.29 is 19.0 Å². The van der Waals surface area contributed by atoms with Crippen LogP contribution in [0.5, 0.6) is 17.2 Å². The van der Waals surface area contributed by atoms with Gasteiger partial charge in [0.15, 0.2) is 11.5 Å². The molecule has 0 saturated heterocycles. The van der Waals surface area contributed by atoms with E-state index in [1.165, 1.54) is 0 Å². The molecule has 0 aliphatic carbocycles. The zero-order valence-corrected chi connectivity index (χ0v) is 16.0. The van der Waals surface area contributed by atoms with Gasteiger partial charge in [0, 0.05) is 24.5 Å². The van der Waals surface area contributed by atoms with E-state index in [1.807, 2.05) is 12.1 Å². The summed E-state index contributed by atoms with van der Waals surface area (Å²) in [6.07, 6.45) is 4.19. The van der Waals surface area contributed by atoms with Gasteiger partial charge >= 0.3 is 0 Å². The monoisotopic (exact) mass is 382 g/mol. The van der Waals surface area contributed by atoms with Crippen molar-refractivity contribution in [1.29, 1.82) is 0 Å². The Hall–Kier alpha value is -3.55. The molecule has 0 aliphatic heterocycles. The molecule has 8 nitrogen and oxygen atoms in total. The lowest BCUT2D eigenvalue weighted by molar-refractivity contribution is 0.0949. The minimum absolute atomic E-state index is 0.222. The Morgan fingerprint density at radius 3 is 2.32 bits per heavy atom. The number of benzene rings is 1. The van der Waals surface area contributed by atoms with Gasteiger partial charge < -0.3 is 19.5 Å². The highest BCUT2D eigenvalue weighted by Gasteiger charge is 2.17. The van der Waals surface area contributed by atoms with E-state index in [2.05, 4.69) is 20.5 Å². The molecule has 0 unspecified atom stereocenters. The van der Waals surface area contributed by atoms with Crippen LogP contribution < -0.4 is 19.5 Å². The van der Waals surface area contributed by atoms with Gasteiger partial charge in [0.1, 0.15) is 5.69 Å². The molecule has 0 saturated carbocycles. The first-order valence-electron chi connectivity index (χ1n) is 8.69. The standard InChI is InChI=1S/C20H22N4O4/c1-26-17-10-14(11-18(27-2)19(17)28-3)15-12-16(24-23-15)20(25)22-9-6-13-4-7-21-8-5-13/h4-5,7-8,10-12H,6,9H2,1-3H3,(H,22,25)(H,23,24). The molecule has 0 fully saturated rings. The smallest absolute Gasteiger partial charge is 0.269 e. The highest BCUT2D eigenvalue weighted by Crippen LogP contribution is 2.40. The van der Waals surface area contributed by atoms with Crippen LogP contribution in [-0.4, -0.2) is 49.0 Å². The summed E-state index contributed by atoms with van der Waals surface area (Å²) in [7, 11) is 4.64. The number of hydrogen-bond donors (Lipinski definition) is 2. The Kier molecular flexibility index (Phi) is 6.11. The molecule has 1 aromatic carbocycles. The molecule has 146 valence electrons. The van der Waals surface area contributed by atoms with E-state index in [4.69, 9.17) is 14.2 Å². The van der Waals surface area contributed by atoms with Crippen LogP contribution in [0.15, 0.2) is 42.7 Å². The summed E-state index contributed by atoms with van der Waals surface area (Å²) < 4.78 is 16.1. The number of hydrogen-bond acceptors (Lipinski definition) is 6. The van der Waals surface area contributed by atoms with E-state index in [0.717, 1.165) is 17.5 Å². The Labute approximate surface area is 162 Å². The van der Waals surface area contributed by atoms with Gasteiger partial charge in [-0.1, -0.05) is 0 Å². The average molecular weight is 382 g/mol. The lowest BCUT2D eigenvalue weighted by Crippen LogP contribution is -2.26. The van der Waals surface area contributed by atoms with E-state index in [-0.39, 0.29) is 5.91 Å². The first-order valence-corrected chi connectivity index (χ1v) is 8.69. The van der Waals surface area contributed by atoms with Crippen molar-refractivity contribution >= 4 is 5.91 Å². The lowest BCUT2D eigenvalue weighted by atomic mass is 10.1. The van der Waals surface area contributed by atoms with Crippen molar-refractivity contribution in [3.8, 4) is 28.5 Å². The number of carbonyl (C=O) groups is 1. The normalized spacial score (nSPS) is 10.4. The SMILES string of the molecule is COc1cc(-c2cc(C(=O)NCCc3ccncc3)[nH]n2)cc(OC)c1OC. The molecule has 3 aromatic rings. The second-order valence-corrected chi connectivity index (χ2v) is 5.94. The fraction of sp³-hybridized carbons (Fsp3) is 0.250. The number of rotatable bonds is 8. The number of aromatic nitrogens is 3. The van der Waals surface area contributed by atoms with Gasteiger partial charge in [-0.2, -0.15) is 5.10 Å². The molecule has 2 N–H and O–H groups in total. The molecular formula is C20H22N4O4. The summed E-state index contributed by atoms with van der Waals surface area (Å²) in [6, 6.07) is 9.09. The third-order valence-electron chi connectivity index (χ3n) is 4.23. The van der Waals surface area contributed by atoms with Crippen molar-refractivity contribution in [2.75, 3.05) is 27.9 Å². The molecule has 2 aromatic heterocycles. The van der Waals surface area contributed by atoms with Crippen LogP contribution in [0, 0.1) is 0 Å². The maximum absolute atomic E-state index is 12.4. The molecule has 8 heteroatoms. The second kappa shape index (κ2) is 8.90. The van der Waals surface area contributed by atoms with E-state index >= 15 is 0 Å². The summed E-state index contributed by atoms with van der Waals surface area (Å²) in [6.45, 7) is 0.515. The highest BCUT2D eigenvalue weighted by molar-refractivity contribution is 5.93. The number of methoxy groups -OCH3 is 3. The average Bonchev–Trinajstić information content (AvgIpc) is 3.23. The van der Waals surface area contributed by atoms with Gasteiger partial charge in [-0.15, -0.1) is 0 Å². The molecule has 0 atom stereocenters. The maximum atomic E-state index is 12.4. The third-order valence-corrected chi connectivity index (χ3v) is 4.23. The van der Waals surface area contributed by atoms with Crippen LogP contribution >= 0.6 is 0 Å². The Morgan fingerprint density at radius 1 is 1.04 bits per heavy atom. The lowest BCUT2D eigenvalue weighted by Gasteiger charge is -2.13. The summed E-state index contributed by atoms with van der Waals surface area (Å²) in [5.74, 6) is 1.31. The predicted octanol–water partition coefficient (Wildman–Crippen LogP) is 2.47. The summed E-state index contributed by atoms with van der Waals surface area (Å²) in [4.78, 5) is 16.3. The number of carbonyl (C=O) groups excluding carboxylic acids is 1. The van der Waals surface area contributed by atoms with Gasteiger partial charge in [-0.05, 0) is 42.3 Å². The minimum Gasteiger partial charge on any atom is -0.493 e. The number of ether oxygens (including phenoxy) is 3. The zero-order chi connectivity index (χ0) is 19.9. The molecule has 2 heterocycles. The molecule has 0 spiro atoms. The van der Waals surface area contributed by atoms with Crippen molar-refractivity contribution in [3.63, 3.8) is 0 Å². The Balaban J connectivity index is 1.72. The summed E-state index contributed by atoms with van der Waals surface area (Å²) in [5, 5.41) is 9.88. The van der Waals surface area contributed by atoms with Crippen molar-refractivity contribution in [2.45, 2.75) is 6.42 Å². The minimum atomic E-state index is -0.222. The number of aromatic amines is 1. The first-order chi connectivity index (χ1) is 13.7. The molecule has 0 aliphatic rings. The summed E-state index contributed by atoms with van der Waals surface area (Å²) in [5.41, 5.74) is 2.82. The number of H-pyrrole nitrogens is 1. The zero-order valence-electron chi connectivity index (χ0n) is 16.0. The largest absolute Gasteiger partial charge is 0.493 e. The Bertz CT molecular complexity index is 915. The third kappa shape index (κ3) is 4.22. The summed E-state index contributed by atoms with van der Waals surface area (Å²) >= 11 is 0. The van der Waals surface area contributed by atoms with E-state index in [9.17, 15) is 4.79 Å². The van der Waals surface area contributed by atoms with Crippen molar-refractivity contribution in [1.82, 2.24) is 20.5 Å². The van der Waals surface area contributed by atoms with Crippen LogP contribution in [0.4, 0.5) is 0 Å². The molecular weight excluding hydrogens is 360 g/mol. The van der Waals surface area contributed by atoms with Gasteiger partial charge in [-0.3, -0.25) is 14.9 Å². The molecule has 1 amide bonds. The molecule has 3 rings (SSSR count). The number of pyridine rings is 1. The van der Waals surface area contributed by atoms with Gasteiger partial charge in [0.2, 0.25) is 5.75 Å². The van der Waals surface area contributed by atoms with Crippen molar-refractivity contribution in [2.24, 2.45) is 0 Å². The predicted molar refractivity (Wildman–Crippen MR) is 104 cm³/mol. The highest BCUT2D eigenvalue weighted by atomic mass is 16.5. The fourth-order valence-corrected chi connectivity index (χ4v) is 2.78. The topological polar surface area (TPSA) is 98.4 Å². The van der Waals surface area contributed by atoms with E-state index in [0.29, 0.717) is 35.2 Å². The number of amides is 1. The second-order valence-electron chi connectivity index (χ2n) is 5.94. The van der Waals surface area contributed by atoms with Crippen LogP contribution in [-0.2, 0) is 6.42 Å². The van der Waals surface area contributed by atoms with Crippen LogP contribution in [0.25, 0.3) is 11.3 Å². The van der Waals surface area contributed by atoms with Gasteiger partial charge in [0.25, 0.3) is 5.91 Å². The van der Waals surface area contributed by atoms with Crippen LogP contribution in [0.1, 0.15) is 16.1 Å². The van der Waals surface area contributed by atoms with Gasteiger partial charge in [0.05, 0.1) is 27.0 Å². The molecule has 0 bridgehead atoms. The van der Waals surface area contributed by atoms with Crippen LogP contribution in [0.3, 0.4) is 0 Å².